The Morgan fingerprint density at radius 2 is 2.10 bits per heavy atom. The molecular weight excluding hydrogens is 335 g/mol. The van der Waals surface area contributed by atoms with Gasteiger partial charge in [0.25, 0.3) is 5.91 Å². The zero-order valence-corrected chi connectivity index (χ0v) is 12.6. The second-order valence-corrected chi connectivity index (χ2v) is 5.14. The minimum Gasteiger partial charge on any atom is -0.335 e. The molecule has 110 valence electrons. The lowest BCUT2D eigenvalue weighted by Crippen LogP contribution is -2.33. The van der Waals surface area contributed by atoms with Gasteiger partial charge in [0.2, 0.25) is 0 Å². The number of benzene rings is 1. The Morgan fingerprint density at radius 3 is 2.60 bits per heavy atom. The van der Waals surface area contributed by atoms with Crippen molar-refractivity contribution in [3.63, 3.8) is 0 Å². The summed E-state index contributed by atoms with van der Waals surface area (Å²) >= 11 is 3.00. The van der Waals surface area contributed by atoms with Crippen molar-refractivity contribution in [3.8, 4) is 0 Å². The summed E-state index contributed by atoms with van der Waals surface area (Å²) in [5.74, 6) is -0.633. The van der Waals surface area contributed by atoms with Crippen LogP contribution in [-0.4, -0.2) is 23.9 Å². The van der Waals surface area contributed by atoms with Crippen LogP contribution in [0.15, 0.2) is 35.3 Å². The second kappa shape index (κ2) is 6.92. The van der Waals surface area contributed by atoms with Crippen LogP contribution in [0.4, 0.5) is 13.2 Å². The van der Waals surface area contributed by atoms with Crippen molar-refractivity contribution in [1.82, 2.24) is 4.90 Å². The average Bonchev–Trinajstić information content (AvgIpc) is 2.36. The van der Waals surface area contributed by atoms with Gasteiger partial charge < -0.3 is 4.90 Å². The maximum absolute atomic E-state index is 13.0. The summed E-state index contributed by atoms with van der Waals surface area (Å²) in [4.78, 5) is 13.6. The fraction of sp³-hybridized carbons (Fsp3) is 0.357. The van der Waals surface area contributed by atoms with Gasteiger partial charge in [0.1, 0.15) is 0 Å². The Bertz CT molecular complexity index is 500. The van der Waals surface area contributed by atoms with Crippen molar-refractivity contribution in [2.75, 3.05) is 13.1 Å². The van der Waals surface area contributed by atoms with E-state index >= 15 is 0 Å². The van der Waals surface area contributed by atoms with Crippen molar-refractivity contribution in [2.24, 2.45) is 0 Å². The number of hydrogen-bond donors (Lipinski definition) is 0. The molecule has 0 aliphatic rings. The summed E-state index contributed by atoms with van der Waals surface area (Å²) in [7, 11) is 0. The number of rotatable bonds is 5. The van der Waals surface area contributed by atoms with Crippen LogP contribution >= 0.6 is 15.9 Å². The first-order chi connectivity index (χ1) is 9.31. The van der Waals surface area contributed by atoms with Crippen LogP contribution in [0.1, 0.15) is 29.3 Å². The maximum atomic E-state index is 13.0. The first kappa shape index (κ1) is 16.8. The van der Waals surface area contributed by atoms with Crippen molar-refractivity contribution >= 4 is 21.8 Å². The molecule has 0 heterocycles. The highest BCUT2D eigenvalue weighted by molar-refractivity contribution is 9.10. The molecule has 0 saturated heterocycles. The number of alkyl halides is 3. The summed E-state index contributed by atoms with van der Waals surface area (Å²) < 4.78 is 39.3. The van der Waals surface area contributed by atoms with Gasteiger partial charge in [0, 0.05) is 17.6 Å². The molecule has 2 nitrogen and oxygen atoms in total. The van der Waals surface area contributed by atoms with Crippen LogP contribution in [0.25, 0.3) is 0 Å². The van der Waals surface area contributed by atoms with Gasteiger partial charge in [-0.15, -0.1) is 6.58 Å². The number of nitrogens with zero attached hydrogens (tertiary/aromatic N) is 1. The van der Waals surface area contributed by atoms with Crippen LogP contribution < -0.4 is 0 Å². The number of carbonyl (C=O) groups is 1. The van der Waals surface area contributed by atoms with E-state index in [-0.39, 0.29) is 16.6 Å². The van der Waals surface area contributed by atoms with Crippen molar-refractivity contribution in [1.29, 1.82) is 0 Å². The molecule has 0 N–H and O–H groups in total. The molecule has 0 aliphatic heterocycles. The predicted octanol–water partition coefficient (Wildman–Crippen LogP) is 4.51. The lowest BCUT2D eigenvalue weighted by Gasteiger charge is -2.22. The van der Waals surface area contributed by atoms with Crippen LogP contribution in [0.3, 0.4) is 0 Å². The molecule has 0 bridgehead atoms. The Hall–Kier alpha value is -1.30. The molecule has 20 heavy (non-hydrogen) atoms. The second-order valence-electron chi connectivity index (χ2n) is 4.23. The highest BCUT2D eigenvalue weighted by atomic mass is 79.9. The third-order valence-corrected chi connectivity index (χ3v) is 3.14. The summed E-state index contributed by atoms with van der Waals surface area (Å²) in [5, 5.41) is 0. The van der Waals surface area contributed by atoms with E-state index in [0.29, 0.717) is 13.0 Å². The molecule has 0 unspecified atom stereocenters. The third-order valence-electron chi connectivity index (χ3n) is 2.65. The van der Waals surface area contributed by atoms with Gasteiger partial charge in [-0.05, 0) is 24.6 Å². The van der Waals surface area contributed by atoms with Crippen LogP contribution in [0.5, 0.6) is 0 Å². The Balaban J connectivity index is 3.23. The fourth-order valence-corrected chi connectivity index (χ4v) is 2.17. The van der Waals surface area contributed by atoms with Crippen LogP contribution in [0.2, 0.25) is 0 Å². The maximum Gasteiger partial charge on any atom is 0.417 e. The molecule has 1 aromatic carbocycles. The van der Waals surface area contributed by atoms with Gasteiger partial charge in [0.05, 0.1) is 11.1 Å². The van der Waals surface area contributed by atoms with Gasteiger partial charge in [-0.2, -0.15) is 13.2 Å². The molecule has 0 aromatic heterocycles. The first-order valence-electron chi connectivity index (χ1n) is 6.08. The minimum absolute atomic E-state index is 0.222. The summed E-state index contributed by atoms with van der Waals surface area (Å²) in [6.45, 7) is 5.99. The van der Waals surface area contributed by atoms with Gasteiger partial charge in [0.15, 0.2) is 0 Å². The predicted molar refractivity (Wildman–Crippen MR) is 75.5 cm³/mol. The summed E-state index contributed by atoms with van der Waals surface area (Å²) in [6, 6.07) is 3.55. The number of halogens is 4. The molecule has 1 aromatic rings. The molecule has 6 heteroatoms. The van der Waals surface area contributed by atoms with Gasteiger partial charge >= 0.3 is 6.18 Å². The standard InChI is InChI=1S/C14H15BrF3NO/c1-3-7-19(8-4-2)13(20)11-6-5-10(15)9-12(11)14(16,17)18/h3,5-6,9H,1,4,7-8H2,2H3. The van der Waals surface area contributed by atoms with Gasteiger partial charge in [-0.1, -0.05) is 28.9 Å². The molecule has 0 saturated carbocycles. The molecule has 1 amide bonds. The highest BCUT2D eigenvalue weighted by Gasteiger charge is 2.36. The monoisotopic (exact) mass is 349 g/mol. The highest BCUT2D eigenvalue weighted by Crippen LogP contribution is 2.34. The molecule has 0 spiro atoms. The summed E-state index contributed by atoms with van der Waals surface area (Å²) in [5.41, 5.74) is -1.27. The average molecular weight is 350 g/mol. The quantitative estimate of drug-likeness (QED) is 0.716. The zero-order valence-electron chi connectivity index (χ0n) is 11.0. The van der Waals surface area contributed by atoms with E-state index in [9.17, 15) is 18.0 Å². The van der Waals surface area contributed by atoms with E-state index < -0.39 is 17.6 Å². The van der Waals surface area contributed by atoms with E-state index in [0.717, 1.165) is 6.07 Å². The first-order valence-corrected chi connectivity index (χ1v) is 6.87. The summed E-state index contributed by atoms with van der Waals surface area (Å²) in [6.07, 6.45) is -2.40. The molecule has 0 atom stereocenters. The number of hydrogen-bond acceptors (Lipinski definition) is 1. The fourth-order valence-electron chi connectivity index (χ4n) is 1.81. The lowest BCUT2D eigenvalue weighted by atomic mass is 10.1. The van der Waals surface area contributed by atoms with Crippen LogP contribution in [0, 0.1) is 0 Å². The smallest absolute Gasteiger partial charge is 0.335 e. The van der Waals surface area contributed by atoms with Crippen LogP contribution in [-0.2, 0) is 6.18 Å². The minimum atomic E-state index is -4.57. The van der Waals surface area contributed by atoms with E-state index in [1.807, 2.05) is 6.92 Å². The number of carbonyl (C=O) groups excluding carboxylic acids is 1. The number of amides is 1. The molecule has 0 aliphatic carbocycles. The molecular formula is C14H15BrF3NO. The lowest BCUT2D eigenvalue weighted by molar-refractivity contribution is -0.138. The van der Waals surface area contributed by atoms with E-state index in [4.69, 9.17) is 0 Å². The largest absolute Gasteiger partial charge is 0.417 e. The van der Waals surface area contributed by atoms with Crippen molar-refractivity contribution in [3.05, 3.63) is 46.5 Å². The zero-order chi connectivity index (χ0) is 15.3. The van der Waals surface area contributed by atoms with Crippen molar-refractivity contribution < 1.29 is 18.0 Å². The Morgan fingerprint density at radius 1 is 1.45 bits per heavy atom. The van der Waals surface area contributed by atoms with E-state index in [2.05, 4.69) is 22.5 Å². The van der Waals surface area contributed by atoms with Gasteiger partial charge in [-0.3, -0.25) is 4.79 Å². The Kier molecular flexibility index (Phi) is 5.80. The third kappa shape index (κ3) is 4.10. The molecule has 1 rings (SSSR count). The molecule has 0 radical (unpaired) electrons. The van der Waals surface area contributed by atoms with E-state index in [1.54, 1.807) is 0 Å². The topological polar surface area (TPSA) is 20.3 Å². The molecule has 0 fully saturated rings. The van der Waals surface area contributed by atoms with Gasteiger partial charge in [-0.25, -0.2) is 0 Å². The van der Waals surface area contributed by atoms with E-state index in [1.165, 1.54) is 23.1 Å². The SMILES string of the molecule is C=CCN(CCC)C(=O)c1ccc(Br)cc1C(F)(F)F. The normalized spacial score (nSPS) is 11.2. The van der Waals surface area contributed by atoms with Crippen molar-refractivity contribution in [2.45, 2.75) is 19.5 Å². The Labute approximate surface area is 124 Å².